The molecule has 12 heavy (non-hydrogen) atoms. The van der Waals surface area contributed by atoms with Crippen LogP contribution in [0.2, 0.25) is 0 Å². The van der Waals surface area contributed by atoms with Crippen molar-refractivity contribution in [2.75, 3.05) is 6.61 Å². The SMILES string of the molecule is CCCCCC1CC(C)=CCO1. The van der Waals surface area contributed by atoms with Gasteiger partial charge in [0.25, 0.3) is 0 Å². The zero-order chi connectivity index (χ0) is 8.81. The topological polar surface area (TPSA) is 9.23 Å². The van der Waals surface area contributed by atoms with Gasteiger partial charge in [0.15, 0.2) is 0 Å². The van der Waals surface area contributed by atoms with Gasteiger partial charge in [-0.3, -0.25) is 0 Å². The van der Waals surface area contributed by atoms with Crippen molar-refractivity contribution in [1.29, 1.82) is 0 Å². The molecule has 1 rings (SSSR count). The summed E-state index contributed by atoms with van der Waals surface area (Å²) in [5.74, 6) is 0. The molecule has 0 radical (unpaired) electrons. The minimum absolute atomic E-state index is 0.515. The zero-order valence-electron chi connectivity index (χ0n) is 8.31. The van der Waals surface area contributed by atoms with Gasteiger partial charge in [-0.15, -0.1) is 0 Å². The molecule has 1 nitrogen and oxygen atoms in total. The highest BCUT2D eigenvalue weighted by molar-refractivity contribution is 5.02. The van der Waals surface area contributed by atoms with Crippen molar-refractivity contribution < 1.29 is 4.74 Å². The monoisotopic (exact) mass is 168 g/mol. The van der Waals surface area contributed by atoms with Crippen LogP contribution in [0.4, 0.5) is 0 Å². The molecule has 1 atom stereocenters. The van der Waals surface area contributed by atoms with Gasteiger partial charge in [0.05, 0.1) is 12.7 Å². The van der Waals surface area contributed by atoms with Gasteiger partial charge >= 0.3 is 0 Å². The molecule has 0 saturated carbocycles. The highest BCUT2D eigenvalue weighted by atomic mass is 16.5. The molecule has 0 amide bonds. The minimum atomic E-state index is 0.515. The van der Waals surface area contributed by atoms with E-state index in [2.05, 4.69) is 19.9 Å². The van der Waals surface area contributed by atoms with Crippen LogP contribution in [0.5, 0.6) is 0 Å². The third-order valence-electron chi connectivity index (χ3n) is 2.44. The van der Waals surface area contributed by atoms with E-state index < -0.39 is 0 Å². The van der Waals surface area contributed by atoms with Gasteiger partial charge in [-0.05, 0) is 19.8 Å². The normalized spacial score (nSPS) is 23.8. The fraction of sp³-hybridized carbons (Fsp3) is 0.818. The van der Waals surface area contributed by atoms with Crippen molar-refractivity contribution >= 4 is 0 Å². The lowest BCUT2D eigenvalue weighted by Crippen LogP contribution is -2.17. The number of hydrogen-bond donors (Lipinski definition) is 0. The Bertz CT molecular complexity index is 149. The fourth-order valence-electron chi connectivity index (χ4n) is 1.64. The summed E-state index contributed by atoms with van der Waals surface area (Å²) in [4.78, 5) is 0. The molecule has 1 aliphatic rings. The maximum absolute atomic E-state index is 5.62. The second-order valence-corrected chi connectivity index (χ2v) is 3.71. The number of ether oxygens (including phenoxy) is 1. The fourth-order valence-corrected chi connectivity index (χ4v) is 1.64. The summed E-state index contributed by atoms with van der Waals surface area (Å²) >= 11 is 0. The molecule has 0 aliphatic carbocycles. The summed E-state index contributed by atoms with van der Waals surface area (Å²) in [7, 11) is 0. The van der Waals surface area contributed by atoms with Crippen LogP contribution in [0.1, 0.15) is 46.0 Å². The second kappa shape index (κ2) is 5.36. The first kappa shape index (κ1) is 9.79. The Balaban J connectivity index is 2.13. The number of rotatable bonds is 4. The van der Waals surface area contributed by atoms with Crippen LogP contribution in [0.3, 0.4) is 0 Å². The summed E-state index contributed by atoms with van der Waals surface area (Å²) in [5, 5.41) is 0. The van der Waals surface area contributed by atoms with Gasteiger partial charge in [-0.1, -0.05) is 37.8 Å². The number of unbranched alkanes of at least 4 members (excludes halogenated alkanes) is 2. The van der Waals surface area contributed by atoms with Gasteiger partial charge < -0.3 is 4.74 Å². The largest absolute Gasteiger partial charge is 0.374 e. The lowest BCUT2D eigenvalue weighted by molar-refractivity contribution is 0.0564. The van der Waals surface area contributed by atoms with Crippen LogP contribution < -0.4 is 0 Å². The summed E-state index contributed by atoms with van der Waals surface area (Å²) < 4.78 is 5.62. The molecule has 0 aromatic carbocycles. The van der Waals surface area contributed by atoms with E-state index in [-0.39, 0.29) is 0 Å². The van der Waals surface area contributed by atoms with Crippen molar-refractivity contribution in [1.82, 2.24) is 0 Å². The average Bonchev–Trinajstić information content (AvgIpc) is 2.05. The Morgan fingerprint density at radius 2 is 2.33 bits per heavy atom. The van der Waals surface area contributed by atoms with E-state index in [1.165, 1.54) is 31.3 Å². The third-order valence-corrected chi connectivity index (χ3v) is 2.44. The Morgan fingerprint density at radius 3 is 3.00 bits per heavy atom. The van der Waals surface area contributed by atoms with Crippen LogP contribution >= 0.6 is 0 Å². The highest BCUT2D eigenvalue weighted by Gasteiger charge is 2.12. The smallest absolute Gasteiger partial charge is 0.0653 e. The van der Waals surface area contributed by atoms with E-state index in [0.29, 0.717) is 6.10 Å². The molecule has 0 N–H and O–H groups in total. The van der Waals surface area contributed by atoms with E-state index in [1.807, 2.05) is 0 Å². The summed E-state index contributed by atoms with van der Waals surface area (Å²) in [6, 6.07) is 0. The molecular formula is C11H20O. The Hall–Kier alpha value is -0.300. The molecule has 0 bridgehead atoms. The van der Waals surface area contributed by atoms with Crippen molar-refractivity contribution in [3.05, 3.63) is 11.6 Å². The van der Waals surface area contributed by atoms with Crippen LogP contribution in [0.25, 0.3) is 0 Å². The lowest BCUT2D eigenvalue weighted by atomic mass is 10.0. The van der Waals surface area contributed by atoms with Crippen LogP contribution in [-0.4, -0.2) is 12.7 Å². The molecule has 0 spiro atoms. The molecule has 1 aliphatic heterocycles. The molecule has 1 unspecified atom stereocenters. The van der Waals surface area contributed by atoms with E-state index in [0.717, 1.165) is 13.0 Å². The molecule has 0 fully saturated rings. The van der Waals surface area contributed by atoms with Gasteiger partial charge in [0, 0.05) is 0 Å². The maximum Gasteiger partial charge on any atom is 0.0653 e. The first-order valence-corrected chi connectivity index (χ1v) is 5.10. The Kier molecular flexibility index (Phi) is 4.37. The van der Waals surface area contributed by atoms with Crippen LogP contribution in [0, 0.1) is 0 Å². The average molecular weight is 168 g/mol. The first-order valence-electron chi connectivity index (χ1n) is 5.10. The molecule has 70 valence electrons. The zero-order valence-corrected chi connectivity index (χ0v) is 8.31. The van der Waals surface area contributed by atoms with Crippen LogP contribution in [-0.2, 0) is 4.74 Å². The van der Waals surface area contributed by atoms with Gasteiger partial charge in [0.2, 0.25) is 0 Å². The Morgan fingerprint density at radius 1 is 1.50 bits per heavy atom. The lowest BCUT2D eigenvalue weighted by Gasteiger charge is -2.21. The molecule has 0 aromatic rings. The summed E-state index contributed by atoms with van der Waals surface area (Å²) in [6.07, 6.45) is 9.10. The molecule has 1 heteroatoms. The van der Waals surface area contributed by atoms with Gasteiger partial charge in [0.1, 0.15) is 0 Å². The standard InChI is InChI=1S/C11H20O/c1-3-4-5-6-11-9-10(2)7-8-12-11/h7,11H,3-6,8-9H2,1-2H3. The predicted molar refractivity (Wildman–Crippen MR) is 52.3 cm³/mol. The molecular weight excluding hydrogens is 148 g/mol. The molecule has 1 heterocycles. The Labute approximate surface area is 75.8 Å². The van der Waals surface area contributed by atoms with E-state index >= 15 is 0 Å². The van der Waals surface area contributed by atoms with Crippen molar-refractivity contribution in [2.24, 2.45) is 0 Å². The third kappa shape index (κ3) is 3.40. The van der Waals surface area contributed by atoms with E-state index in [9.17, 15) is 0 Å². The maximum atomic E-state index is 5.62. The minimum Gasteiger partial charge on any atom is -0.374 e. The van der Waals surface area contributed by atoms with Crippen molar-refractivity contribution in [3.8, 4) is 0 Å². The van der Waals surface area contributed by atoms with Gasteiger partial charge in [-0.2, -0.15) is 0 Å². The highest BCUT2D eigenvalue weighted by Crippen LogP contribution is 2.18. The summed E-state index contributed by atoms with van der Waals surface area (Å²) in [6.45, 7) is 5.28. The molecule has 0 aromatic heterocycles. The predicted octanol–water partition coefficient (Wildman–Crippen LogP) is 3.30. The van der Waals surface area contributed by atoms with Crippen molar-refractivity contribution in [3.63, 3.8) is 0 Å². The van der Waals surface area contributed by atoms with Crippen molar-refractivity contribution in [2.45, 2.75) is 52.1 Å². The number of hydrogen-bond acceptors (Lipinski definition) is 1. The summed E-state index contributed by atoms with van der Waals surface area (Å²) in [5.41, 5.74) is 1.50. The van der Waals surface area contributed by atoms with Crippen LogP contribution in [0.15, 0.2) is 11.6 Å². The van der Waals surface area contributed by atoms with E-state index in [1.54, 1.807) is 0 Å². The quantitative estimate of drug-likeness (QED) is 0.462. The van der Waals surface area contributed by atoms with E-state index in [4.69, 9.17) is 4.74 Å². The second-order valence-electron chi connectivity index (χ2n) is 3.71. The van der Waals surface area contributed by atoms with Gasteiger partial charge in [-0.25, -0.2) is 0 Å². The first-order chi connectivity index (χ1) is 5.83. The molecule has 0 saturated heterocycles.